The van der Waals surface area contributed by atoms with Gasteiger partial charge in [0.25, 0.3) is 0 Å². The van der Waals surface area contributed by atoms with Crippen LogP contribution in [0.25, 0.3) is 0 Å². The Morgan fingerprint density at radius 1 is 1.30 bits per heavy atom. The molecule has 1 N–H and O–H groups in total. The van der Waals surface area contributed by atoms with Crippen LogP contribution >= 0.6 is 27.3 Å². The number of hydrogen-bond donors (Lipinski definition) is 1. The lowest BCUT2D eigenvalue weighted by Gasteiger charge is -2.08. The summed E-state index contributed by atoms with van der Waals surface area (Å²) in [6, 6.07) is 10.2. The number of halogens is 1. The predicted octanol–water partition coefficient (Wildman–Crippen LogP) is 4.15. The summed E-state index contributed by atoms with van der Waals surface area (Å²) >= 11 is 5.16. The van der Waals surface area contributed by atoms with E-state index < -0.39 is 0 Å². The number of thiophene rings is 1. The minimum Gasteiger partial charge on any atom is -0.469 e. The van der Waals surface area contributed by atoms with Crippen molar-refractivity contribution in [1.29, 1.82) is 0 Å². The zero-order chi connectivity index (χ0) is 14.5. The standard InChI is InChI=1S/C15H16BrNO2S/c1-10-3-6-13(16)14(7-10)17-9-12-5-4-11(20-12)8-15(18)19-2/h3-7,17H,8-9H2,1-2H3. The second-order valence-corrected chi connectivity index (χ2v) is 6.57. The lowest BCUT2D eigenvalue weighted by atomic mass is 10.2. The lowest BCUT2D eigenvalue weighted by molar-refractivity contribution is -0.139. The van der Waals surface area contributed by atoms with Crippen molar-refractivity contribution in [2.24, 2.45) is 0 Å². The van der Waals surface area contributed by atoms with E-state index in [-0.39, 0.29) is 5.97 Å². The van der Waals surface area contributed by atoms with Crippen LogP contribution in [0.2, 0.25) is 0 Å². The van der Waals surface area contributed by atoms with Gasteiger partial charge in [-0.05, 0) is 52.7 Å². The second-order valence-electron chi connectivity index (χ2n) is 4.46. The molecule has 2 rings (SSSR count). The number of benzene rings is 1. The van der Waals surface area contributed by atoms with Crippen molar-refractivity contribution < 1.29 is 9.53 Å². The third-order valence-electron chi connectivity index (χ3n) is 2.84. The summed E-state index contributed by atoms with van der Waals surface area (Å²) in [7, 11) is 1.41. The van der Waals surface area contributed by atoms with Gasteiger partial charge in [-0.15, -0.1) is 11.3 Å². The summed E-state index contributed by atoms with van der Waals surface area (Å²) in [5, 5.41) is 3.40. The average molecular weight is 354 g/mol. The third kappa shape index (κ3) is 4.08. The molecule has 0 amide bonds. The van der Waals surface area contributed by atoms with E-state index in [1.54, 1.807) is 11.3 Å². The highest BCUT2D eigenvalue weighted by Crippen LogP contribution is 2.25. The summed E-state index contributed by atoms with van der Waals surface area (Å²) in [6.07, 6.45) is 0.343. The Balaban J connectivity index is 1.97. The molecule has 0 aliphatic carbocycles. The minimum atomic E-state index is -0.201. The summed E-state index contributed by atoms with van der Waals surface area (Å²) in [5.41, 5.74) is 2.29. The van der Waals surface area contributed by atoms with Crippen molar-refractivity contribution in [3.63, 3.8) is 0 Å². The monoisotopic (exact) mass is 353 g/mol. The third-order valence-corrected chi connectivity index (χ3v) is 4.62. The van der Waals surface area contributed by atoms with Crippen LogP contribution in [0.4, 0.5) is 5.69 Å². The summed E-state index contributed by atoms with van der Waals surface area (Å²) in [5.74, 6) is -0.201. The number of carbonyl (C=O) groups excluding carboxylic acids is 1. The molecule has 0 unspecified atom stereocenters. The van der Waals surface area contributed by atoms with Crippen LogP contribution in [0.1, 0.15) is 15.3 Å². The quantitative estimate of drug-likeness (QED) is 0.820. The zero-order valence-electron chi connectivity index (χ0n) is 11.4. The zero-order valence-corrected chi connectivity index (χ0v) is 13.8. The molecular weight excluding hydrogens is 338 g/mol. The lowest BCUT2D eigenvalue weighted by Crippen LogP contribution is -2.02. The van der Waals surface area contributed by atoms with Crippen molar-refractivity contribution in [3.8, 4) is 0 Å². The number of rotatable bonds is 5. The minimum absolute atomic E-state index is 0.201. The Hall–Kier alpha value is -1.33. The number of carbonyl (C=O) groups is 1. The highest BCUT2D eigenvalue weighted by molar-refractivity contribution is 9.10. The van der Waals surface area contributed by atoms with Crippen LogP contribution in [0, 0.1) is 6.92 Å². The number of anilines is 1. The van der Waals surface area contributed by atoms with E-state index in [2.05, 4.69) is 45.0 Å². The molecule has 0 fully saturated rings. The number of aryl methyl sites for hydroxylation is 1. The number of nitrogens with one attached hydrogen (secondary N) is 1. The Bertz CT molecular complexity index is 610. The fraction of sp³-hybridized carbons (Fsp3) is 0.267. The SMILES string of the molecule is COC(=O)Cc1ccc(CNc2cc(C)ccc2Br)s1. The van der Waals surface area contributed by atoms with Gasteiger partial charge in [0, 0.05) is 26.5 Å². The highest BCUT2D eigenvalue weighted by atomic mass is 79.9. The van der Waals surface area contributed by atoms with Crippen molar-refractivity contribution >= 4 is 38.9 Å². The molecule has 106 valence electrons. The van der Waals surface area contributed by atoms with Crippen LogP contribution in [0.15, 0.2) is 34.8 Å². The first-order valence-corrected chi connectivity index (χ1v) is 7.84. The molecule has 0 spiro atoms. The number of ether oxygens (including phenoxy) is 1. The molecule has 0 radical (unpaired) electrons. The van der Waals surface area contributed by atoms with Crippen molar-refractivity contribution in [2.45, 2.75) is 19.9 Å². The van der Waals surface area contributed by atoms with Gasteiger partial charge in [0.2, 0.25) is 0 Å². The molecule has 0 aliphatic rings. The first kappa shape index (κ1) is 15.1. The smallest absolute Gasteiger partial charge is 0.310 e. The Morgan fingerprint density at radius 2 is 2.05 bits per heavy atom. The largest absolute Gasteiger partial charge is 0.469 e. The molecule has 1 heterocycles. The molecule has 3 nitrogen and oxygen atoms in total. The molecule has 0 atom stereocenters. The summed E-state index contributed by atoms with van der Waals surface area (Å²) in [6.45, 7) is 2.81. The van der Waals surface area contributed by atoms with Gasteiger partial charge in [0.05, 0.1) is 13.5 Å². The van der Waals surface area contributed by atoms with Gasteiger partial charge in [0.15, 0.2) is 0 Å². The molecule has 0 saturated heterocycles. The van der Waals surface area contributed by atoms with E-state index in [0.717, 1.165) is 21.6 Å². The molecule has 0 bridgehead atoms. The van der Waals surface area contributed by atoms with Gasteiger partial charge in [0.1, 0.15) is 0 Å². The van der Waals surface area contributed by atoms with Gasteiger partial charge < -0.3 is 10.1 Å². The molecule has 1 aromatic carbocycles. The molecular formula is C15H16BrNO2S. The summed E-state index contributed by atoms with van der Waals surface area (Å²) in [4.78, 5) is 13.4. The number of hydrogen-bond acceptors (Lipinski definition) is 4. The van der Waals surface area contributed by atoms with Crippen molar-refractivity contribution in [3.05, 3.63) is 50.1 Å². The van der Waals surface area contributed by atoms with Gasteiger partial charge in [-0.2, -0.15) is 0 Å². The van der Waals surface area contributed by atoms with Gasteiger partial charge in [-0.1, -0.05) is 6.07 Å². The van der Waals surface area contributed by atoms with Crippen LogP contribution in [0.3, 0.4) is 0 Å². The Kier molecular flexibility index (Phi) is 5.20. The van der Waals surface area contributed by atoms with Crippen LogP contribution in [0.5, 0.6) is 0 Å². The van der Waals surface area contributed by atoms with Gasteiger partial charge >= 0.3 is 5.97 Å². The topological polar surface area (TPSA) is 38.3 Å². The summed E-state index contributed by atoms with van der Waals surface area (Å²) < 4.78 is 5.72. The maximum atomic E-state index is 11.2. The maximum Gasteiger partial charge on any atom is 0.310 e. The predicted molar refractivity (Wildman–Crippen MR) is 86.2 cm³/mol. The van der Waals surface area contributed by atoms with E-state index in [1.165, 1.54) is 17.6 Å². The van der Waals surface area contributed by atoms with E-state index in [9.17, 15) is 4.79 Å². The van der Waals surface area contributed by atoms with Crippen LogP contribution in [-0.4, -0.2) is 13.1 Å². The fourth-order valence-electron chi connectivity index (χ4n) is 1.78. The van der Waals surface area contributed by atoms with Gasteiger partial charge in [-0.25, -0.2) is 0 Å². The Morgan fingerprint density at radius 3 is 2.80 bits per heavy atom. The molecule has 1 aromatic heterocycles. The number of esters is 1. The fourth-order valence-corrected chi connectivity index (χ4v) is 3.11. The number of methoxy groups -OCH3 is 1. The molecule has 2 aromatic rings. The van der Waals surface area contributed by atoms with Gasteiger partial charge in [-0.3, -0.25) is 4.79 Å². The van der Waals surface area contributed by atoms with E-state index in [0.29, 0.717) is 6.42 Å². The van der Waals surface area contributed by atoms with Crippen LogP contribution in [-0.2, 0) is 22.5 Å². The van der Waals surface area contributed by atoms with Crippen molar-refractivity contribution in [2.75, 3.05) is 12.4 Å². The first-order chi connectivity index (χ1) is 9.58. The van der Waals surface area contributed by atoms with Crippen LogP contribution < -0.4 is 5.32 Å². The molecule has 0 saturated carbocycles. The van der Waals surface area contributed by atoms with Crippen molar-refractivity contribution in [1.82, 2.24) is 0 Å². The second kappa shape index (κ2) is 6.90. The normalized spacial score (nSPS) is 10.3. The van der Waals surface area contributed by atoms with E-state index in [1.807, 2.05) is 18.2 Å². The maximum absolute atomic E-state index is 11.2. The highest BCUT2D eigenvalue weighted by Gasteiger charge is 2.07. The van der Waals surface area contributed by atoms with E-state index in [4.69, 9.17) is 0 Å². The first-order valence-electron chi connectivity index (χ1n) is 6.23. The molecule has 20 heavy (non-hydrogen) atoms. The average Bonchev–Trinajstić information content (AvgIpc) is 2.87. The van der Waals surface area contributed by atoms with E-state index >= 15 is 0 Å². The molecule has 0 aliphatic heterocycles. The molecule has 5 heteroatoms. The Labute approximate surface area is 131 Å².